The first-order valence-corrected chi connectivity index (χ1v) is 16.2. The number of alkyl halides is 1. The highest BCUT2D eigenvalue weighted by atomic mass is 79.9. The number of benzene rings is 1. The first-order chi connectivity index (χ1) is 18.2. The van der Waals surface area contributed by atoms with Crippen LogP contribution in [0.3, 0.4) is 0 Å². The molecule has 3 rings (SSSR count). The van der Waals surface area contributed by atoms with E-state index in [4.69, 9.17) is 9.47 Å². The summed E-state index contributed by atoms with van der Waals surface area (Å²) < 4.78 is 78.0. The van der Waals surface area contributed by atoms with Gasteiger partial charge in [0.25, 0.3) is 0 Å². The molecule has 0 saturated carbocycles. The van der Waals surface area contributed by atoms with Crippen molar-refractivity contribution >= 4 is 37.2 Å². The second-order valence-corrected chi connectivity index (χ2v) is 13.4. The second kappa shape index (κ2) is 14.2. The number of ether oxygens (including phenoxy) is 2. The predicted molar refractivity (Wildman–Crippen MR) is 150 cm³/mol. The summed E-state index contributed by atoms with van der Waals surface area (Å²) in [6, 6.07) is 7.88. The van der Waals surface area contributed by atoms with Crippen LogP contribution in [-0.2, 0) is 33.4 Å². The highest BCUT2D eigenvalue weighted by Gasteiger charge is 2.46. The maximum atomic E-state index is 15.2. The Labute approximate surface area is 235 Å². The van der Waals surface area contributed by atoms with Crippen LogP contribution in [0.5, 0.6) is 11.5 Å². The average molecular weight is 638 g/mol. The zero-order chi connectivity index (χ0) is 27.8. The fourth-order valence-electron chi connectivity index (χ4n) is 4.22. The summed E-state index contributed by atoms with van der Waals surface area (Å²) in [5, 5.41) is 0. The van der Waals surface area contributed by atoms with E-state index in [0.29, 0.717) is 37.4 Å². The smallest absolute Gasteiger partial charge is 0.150 e. The molecule has 1 aliphatic heterocycles. The number of nitrogens with zero attached hydrogens (tertiary/aromatic N) is 3. The van der Waals surface area contributed by atoms with Gasteiger partial charge in [-0.05, 0) is 53.4 Å². The summed E-state index contributed by atoms with van der Waals surface area (Å²) in [5.41, 5.74) is -1.47. The third kappa shape index (κ3) is 7.57. The van der Waals surface area contributed by atoms with Crippen LogP contribution in [0.1, 0.15) is 43.9 Å². The predicted octanol–water partition coefficient (Wildman–Crippen LogP) is 4.90. The number of hydrogen-bond acceptors (Lipinski definition) is 7. The van der Waals surface area contributed by atoms with Crippen molar-refractivity contribution < 1.29 is 27.0 Å². The molecule has 0 fully saturated rings. The maximum Gasteiger partial charge on any atom is 0.150 e. The summed E-state index contributed by atoms with van der Waals surface area (Å²) in [5.74, 6) is 0.168. The largest absolute Gasteiger partial charge is 0.598 e. The monoisotopic (exact) mass is 636 g/mol. The molecule has 0 saturated heterocycles. The normalized spacial score (nSPS) is 20.7. The van der Waals surface area contributed by atoms with Crippen LogP contribution in [0.15, 0.2) is 39.3 Å². The van der Waals surface area contributed by atoms with E-state index < -0.39 is 45.1 Å². The topological polar surface area (TPSA) is 99.1 Å². The quantitative estimate of drug-likeness (QED) is 0.248. The zero-order valence-electron chi connectivity index (χ0n) is 21.9. The van der Waals surface area contributed by atoms with Gasteiger partial charge in [0.2, 0.25) is 0 Å². The van der Waals surface area contributed by atoms with Crippen LogP contribution < -0.4 is 14.2 Å². The van der Waals surface area contributed by atoms with Crippen molar-refractivity contribution in [3.63, 3.8) is 0 Å². The minimum atomic E-state index is -3.31. The number of rotatable bonds is 13. The molecular formula is C25H35BrF2N4O4S2. The molecule has 0 spiro atoms. The molecule has 1 N–H and O–H groups in total. The first kappa shape index (κ1) is 31.0. The highest BCUT2D eigenvalue weighted by molar-refractivity contribution is 9.10. The summed E-state index contributed by atoms with van der Waals surface area (Å²) in [7, 11) is -0.218. The first-order valence-electron chi connectivity index (χ1n) is 12.4. The van der Waals surface area contributed by atoms with Crippen molar-refractivity contribution in [2.75, 3.05) is 45.5 Å². The molecule has 1 aromatic carbocycles. The van der Waals surface area contributed by atoms with Gasteiger partial charge in [0.05, 0.1) is 20.0 Å². The van der Waals surface area contributed by atoms with Gasteiger partial charge in [0, 0.05) is 42.6 Å². The van der Waals surface area contributed by atoms with Gasteiger partial charge in [-0.15, -0.1) is 4.72 Å². The number of unbranched alkanes of at least 4 members (excludes halogenated alkanes) is 1. The Bertz CT molecular complexity index is 1200. The van der Waals surface area contributed by atoms with Gasteiger partial charge in [0.15, 0.2) is 0 Å². The Hall–Kier alpha value is -1.51. The van der Waals surface area contributed by atoms with Crippen LogP contribution in [-0.4, -0.2) is 63.5 Å². The molecule has 13 heteroatoms. The molecule has 2 aromatic rings. The lowest BCUT2D eigenvalue weighted by Crippen LogP contribution is -2.55. The summed E-state index contributed by atoms with van der Waals surface area (Å²) in [4.78, 5) is 4.21. The maximum absolute atomic E-state index is 15.2. The van der Waals surface area contributed by atoms with Gasteiger partial charge in [0.1, 0.15) is 55.5 Å². The summed E-state index contributed by atoms with van der Waals surface area (Å²) in [6.07, 6.45) is 2.83. The number of hydrogen-bond donors (Lipinski definition) is 1. The molecule has 0 aliphatic carbocycles. The van der Waals surface area contributed by atoms with Gasteiger partial charge >= 0.3 is 0 Å². The van der Waals surface area contributed by atoms with Crippen LogP contribution in [0.25, 0.3) is 0 Å². The Morgan fingerprint density at radius 2 is 2.05 bits per heavy atom. The third-order valence-corrected chi connectivity index (χ3v) is 10.6. The molecule has 1 aromatic heterocycles. The van der Waals surface area contributed by atoms with Crippen molar-refractivity contribution in [2.24, 2.45) is 4.36 Å². The molecule has 2 heterocycles. The van der Waals surface area contributed by atoms with Gasteiger partial charge in [-0.2, -0.15) is 0 Å². The van der Waals surface area contributed by atoms with Crippen LogP contribution in [0, 0.1) is 5.82 Å². The lowest BCUT2D eigenvalue weighted by Gasteiger charge is -2.35. The van der Waals surface area contributed by atoms with E-state index in [1.807, 2.05) is 13.0 Å². The SMILES string of the molecule is CCCC[S+]([O-])N[C@@](CF)(CS1(=O)=NCCCCN1Cc1ccc(OC)cc1OC)c1nc(Br)ccc1F. The lowest BCUT2D eigenvalue weighted by molar-refractivity contribution is 0.290. The van der Waals surface area contributed by atoms with Gasteiger partial charge in [-0.3, -0.25) is 0 Å². The highest BCUT2D eigenvalue weighted by Crippen LogP contribution is 2.33. The van der Waals surface area contributed by atoms with Crippen molar-refractivity contribution in [3.05, 3.63) is 52.0 Å². The average Bonchev–Trinajstić information content (AvgIpc) is 3.09. The van der Waals surface area contributed by atoms with E-state index in [1.165, 1.54) is 13.2 Å². The van der Waals surface area contributed by atoms with Crippen molar-refractivity contribution in [3.8, 4) is 11.5 Å². The molecule has 2 unspecified atom stereocenters. The van der Waals surface area contributed by atoms with Crippen molar-refractivity contribution in [1.29, 1.82) is 0 Å². The van der Waals surface area contributed by atoms with Crippen molar-refractivity contribution in [1.82, 2.24) is 14.0 Å². The van der Waals surface area contributed by atoms with E-state index in [9.17, 15) is 8.76 Å². The molecule has 1 aliphatic rings. The molecule has 0 radical (unpaired) electrons. The van der Waals surface area contributed by atoms with E-state index in [-0.39, 0.29) is 22.6 Å². The third-order valence-electron chi connectivity index (χ3n) is 6.27. The molecule has 3 atom stereocenters. The standard InChI is InChI=1S/C25H35BrF2N4O4S2/c1-4-5-14-37(33)31-25(17-27,24-21(28)10-11-23(26)30-24)18-38(34)29-12-6-7-13-32(38)16-19-8-9-20(35-2)15-22(19)36-3/h8-11,15,31H,4-7,12-14,16-18H2,1-3H3/t25-,37?,38?/m0/s1. The second-order valence-electron chi connectivity index (χ2n) is 9.04. The van der Waals surface area contributed by atoms with Crippen LogP contribution >= 0.6 is 15.9 Å². The van der Waals surface area contributed by atoms with Crippen molar-refractivity contribution in [2.45, 2.75) is 44.7 Å². The lowest BCUT2D eigenvalue weighted by atomic mass is 10.00. The molecule has 8 nitrogen and oxygen atoms in total. The number of pyridine rings is 1. The summed E-state index contributed by atoms with van der Waals surface area (Å²) in [6.45, 7) is 1.70. The van der Waals surface area contributed by atoms with E-state index in [0.717, 1.165) is 24.5 Å². The van der Waals surface area contributed by atoms with Crippen LogP contribution in [0.2, 0.25) is 0 Å². The fraction of sp³-hybridized carbons (Fsp3) is 0.560. The molecule has 38 heavy (non-hydrogen) atoms. The molecule has 212 valence electrons. The number of aromatic nitrogens is 1. The molecule has 0 amide bonds. The van der Waals surface area contributed by atoms with Gasteiger partial charge in [-0.1, -0.05) is 19.4 Å². The Morgan fingerprint density at radius 3 is 2.74 bits per heavy atom. The number of halogens is 3. The van der Waals surface area contributed by atoms with Gasteiger partial charge in [-0.25, -0.2) is 26.6 Å². The molecular weight excluding hydrogens is 602 g/mol. The Kier molecular flexibility index (Phi) is 11.6. The van der Waals surface area contributed by atoms with E-state index >= 15 is 8.78 Å². The molecule has 0 bridgehead atoms. The van der Waals surface area contributed by atoms with E-state index in [1.54, 1.807) is 23.5 Å². The number of nitrogens with one attached hydrogen (secondary N) is 1. The Balaban J connectivity index is 2.07. The minimum absolute atomic E-state index is 0.200. The summed E-state index contributed by atoms with van der Waals surface area (Å²) >= 11 is 1.51. The van der Waals surface area contributed by atoms with Gasteiger partial charge < -0.3 is 14.0 Å². The van der Waals surface area contributed by atoms with Crippen LogP contribution in [0.4, 0.5) is 8.78 Å². The minimum Gasteiger partial charge on any atom is -0.598 e. The fourth-order valence-corrected chi connectivity index (χ4v) is 8.46. The Morgan fingerprint density at radius 1 is 1.26 bits per heavy atom. The number of methoxy groups -OCH3 is 2. The van der Waals surface area contributed by atoms with E-state index in [2.05, 4.69) is 30.0 Å². The zero-order valence-corrected chi connectivity index (χ0v) is 25.1.